The number of oxazole rings is 1. The lowest BCUT2D eigenvalue weighted by Gasteiger charge is -2.00. The monoisotopic (exact) mass is 270 g/mol. The van der Waals surface area contributed by atoms with Crippen molar-refractivity contribution in [1.82, 2.24) is 9.97 Å². The number of nitrogens with zero attached hydrogens (tertiary/aromatic N) is 2. The Bertz CT molecular complexity index is 430. The molecule has 5 heteroatoms. The van der Waals surface area contributed by atoms with Gasteiger partial charge in [-0.2, -0.15) is 0 Å². The highest BCUT2D eigenvalue weighted by molar-refractivity contribution is 9.10. The van der Waals surface area contributed by atoms with Crippen molar-refractivity contribution in [3.8, 4) is 0 Å². The Balaban J connectivity index is 2.25. The highest BCUT2D eigenvalue weighted by Gasteiger charge is 2.06. The number of halogens is 1. The second-order valence-corrected chi connectivity index (χ2v) is 4.49. The predicted molar refractivity (Wildman–Crippen MR) is 57.3 cm³/mol. The van der Waals surface area contributed by atoms with Crippen molar-refractivity contribution in [2.75, 3.05) is 0 Å². The second-order valence-electron chi connectivity index (χ2n) is 2.70. The average molecular weight is 271 g/mol. The first-order chi connectivity index (χ1) is 6.75. The summed E-state index contributed by atoms with van der Waals surface area (Å²) in [7, 11) is 0. The van der Waals surface area contributed by atoms with Gasteiger partial charge in [0.1, 0.15) is 11.3 Å². The van der Waals surface area contributed by atoms with Gasteiger partial charge in [-0.3, -0.25) is 0 Å². The molecule has 3 nitrogen and oxygen atoms in total. The van der Waals surface area contributed by atoms with Crippen LogP contribution in [0.5, 0.6) is 0 Å². The van der Waals surface area contributed by atoms with Gasteiger partial charge in [0.15, 0.2) is 0 Å². The molecule has 0 aliphatic rings. The van der Waals surface area contributed by atoms with Crippen molar-refractivity contribution in [1.29, 1.82) is 0 Å². The van der Waals surface area contributed by atoms with E-state index in [0.717, 1.165) is 15.1 Å². The fourth-order valence-electron chi connectivity index (χ4n) is 0.940. The zero-order valence-electron chi connectivity index (χ0n) is 7.40. The minimum atomic E-state index is 0.599. The Morgan fingerprint density at radius 2 is 2.29 bits per heavy atom. The Hall–Kier alpha value is -0.810. The van der Waals surface area contributed by atoms with E-state index in [2.05, 4.69) is 25.9 Å². The number of aromatic nitrogens is 2. The molecule has 0 amide bonds. The van der Waals surface area contributed by atoms with Gasteiger partial charge >= 0.3 is 0 Å². The number of rotatable bonds is 2. The van der Waals surface area contributed by atoms with Gasteiger partial charge in [-0.25, -0.2) is 9.97 Å². The van der Waals surface area contributed by atoms with Gasteiger partial charge in [0.05, 0.1) is 10.7 Å². The van der Waals surface area contributed by atoms with Gasteiger partial charge in [-0.15, -0.1) is 0 Å². The standard InChI is InChI=1S/C9H7BrN2OS/c1-6-4-7(10)8(12-5-6)14-9-11-2-3-13-9/h2-5H,1H3. The van der Waals surface area contributed by atoms with E-state index in [9.17, 15) is 0 Å². The first kappa shape index (κ1) is 9.73. The molecule has 0 aromatic carbocycles. The maximum absolute atomic E-state index is 5.11. The molecule has 0 bridgehead atoms. The van der Waals surface area contributed by atoms with Crippen molar-refractivity contribution in [2.24, 2.45) is 0 Å². The van der Waals surface area contributed by atoms with Gasteiger partial charge in [0.2, 0.25) is 0 Å². The average Bonchev–Trinajstić information content (AvgIpc) is 2.62. The Labute approximate surface area is 94.1 Å². The van der Waals surface area contributed by atoms with Crippen LogP contribution >= 0.6 is 27.7 Å². The van der Waals surface area contributed by atoms with Crippen LogP contribution in [0.2, 0.25) is 0 Å². The normalized spacial score (nSPS) is 10.4. The number of hydrogen-bond acceptors (Lipinski definition) is 4. The fraction of sp³-hybridized carbons (Fsp3) is 0.111. The highest BCUT2D eigenvalue weighted by Crippen LogP contribution is 2.30. The third-order valence-corrected chi connectivity index (χ3v) is 3.30. The topological polar surface area (TPSA) is 38.9 Å². The molecule has 14 heavy (non-hydrogen) atoms. The van der Waals surface area contributed by atoms with E-state index in [1.165, 1.54) is 11.8 Å². The zero-order valence-corrected chi connectivity index (χ0v) is 9.80. The van der Waals surface area contributed by atoms with E-state index in [1.807, 2.05) is 19.2 Å². The molecule has 0 saturated heterocycles. The molecule has 0 N–H and O–H groups in total. The first-order valence-corrected chi connectivity index (χ1v) is 5.56. The molecule has 0 spiro atoms. The predicted octanol–water partition coefficient (Wildman–Crippen LogP) is 3.29. The van der Waals surface area contributed by atoms with Crippen molar-refractivity contribution in [3.63, 3.8) is 0 Å². The van der Waals surface area contributed by atoms with Gasteiger partial charge in [0.25, 0.3) is 5.22 Å². The summed E-state index contributed by atoms with van der Waals surface area (Å²) in [6.07, 6.45) is 4.98. The Kier molecular flexibility index (Phi) is 2.88. The molecule has 0 unspecified atom stereocenters. The van der Waals surface area contributed by atoms with Crippen LogP contribution in [0.15, 0.2) is 43.9 Å². The lowest BCUT2D eigenvalue weighted by atomic mass is 10.3. The van der Waals surface area contributed by atoms with Crippen LogP contribution in [0, 0.1) is 6.92 Å². The molecule has 2 rings (SSSR count). The third kappa shape index (κ3) is 2.16. The molecule has 0 fully saturated rings. The number of aryl methyl sites for hydroxylation is 1. The van der Waals surface area contributed by atoms with Crippen LogP contribution in [0.3, 0.4) is 0 Å². The van der Waals surface area contributed by atoms with Crippen molar-refractivity contribution < 1.29 is 4.42 Å². The Morgan fingerprint density at radius 1 is 1.43 bits per heavy atom. The fourth-order valence-corrected chi connectivity index (χ4v) is 2.29. The molecule has 2 aromatic heterocycles. The molecule has 0 atom stereocenters. The maximum Gasteiger partial charge on any atom is 0.261 e. The summed E-state index contributed by atoms with van der Waals surface area (Å²) in [5, 5.41) is 1.46. The lowest BCUT2D eigenvalue weighted by molar-refractivity contribution is 0.454. The molecule has 72 valence electrons. The summed E-state index contributed by atoms with van der Waals surface area (Å²) < 4.78 is 6.07. The summed E-state index contributed by atoms with van der Waals surface area (Å²) in [4.78, 5) is 8.28. The van der Waals surface area contributed by atoms with Gasteiger partial charge in [-0.05, 0) is 46.2 Å². The summed E-state index contributed by atoms with van der Waals surface area (Å²) >= 11 is 4.83. The quantitative estimate of drug-likeness (QED) is 0.840. The highest BCUT2D eigenvalue weighted by atomic mass is 79.9. The Morgan fingerprint density at radius 3 is 2.93 bits per heavy atom. The molecule has 0 saturated carbocycles. The summed E-state index contributed by atoms with van der Waals surface area (Å²) in [5.74, 6) is 0. The van der Waals surface area contributed by atoms with Crippen LogP contribution in [-0.2, 0) is 0 Å². The van der Waals surface area contributed by atoms with E-state index in [0.29, 0.717) is 5.22 Å². The van der Waals surface area contributed by atoms with E-state index in [1.54, 1.807) is 12.5 Å². The molecule has 0 aliphatic carbocycles. The van der Waals surface area contributed by atoms with Crippen molar-refractivity contribution in [2.45, 2.75) is 17.2 Å². The van der Waals surface area contributed by atoms with Crippen LogP contribution < -0.4 is 0 Å². The van der Waals surface area contributed by atoms with Crippen molar-refractivity contribution in [3.05, 3.63) is 34.8 Å². The molecule has 2 aromatic rings. The largest absolute Gasteiger partial charge is 0.440 e. The molecule has 2 heterocycles. The smallest absolute Gasteiger partial charge is 0.261 e. The first-order valence-electron chi connectivity index (χ1n) is 3.95. The lowest BCUT2D eigenvalue weighted by Crippen LogP contribution is -1.83. The minimum absolute atomic E-state index is 0.599. The molecular formula is C9H7BrN2OS. The van der Waals surface area contributed by atoms with Crippen LogP contribution in [0.25, 0.3) is 0 Å². The molecular weight excluding hydrogens is 264 g/mol. The van der Waals surface area contributed by atoms with Crippen LogP contribution in [0.1, 0.15) is 5.56 Å². The zero-order chi connectivity index (χ0) is 9.97. The second kappa shape index (κ2) is 4.14. The van der Waals surface area contributed by atoms with E-state index in [-0.39, 0.29) is 0 Å². The van der Waals surface area contributed by atoms with Gasteiger partial charge in [0, 0.05) is 6.20 Å². The SMILES string of the molecule is Cc1cnc(Sc2ncco2)c(Br)c1. The van der Waals surface area contributed by atoms with E-state index < -0.39 is 0 Å². The van der Waals surface area contributed by atoms with Gasteiger partial charge in [-0.1, -0.05) is 0 Å². The van der Waals surface area contributed by atoms with Gasteiger partial charge < -0.3 is 4.42 Å². The van der Waals surface area contributed by atoms with Crippen LogP contribution in [0.4, 0.5) is 0 Å². The third-order valence-electron chi connectivity index (χ3n) is 1.54. The van der Waals surface area contributed by atoms with Crippen LogP contribution in [-0.4, -0.2) is 9.97 Å². The van der Waals surface area contributed by atoms with E-state index in [4.69, 9.17) is 4.42 Å². The molecule has 0 radical (unpaired) electrons. The van der Waals surface area contributed by atoms with E-state index >= 15 is 0 Å². The number of pyridine rings is 1. The summed E-state index contributed by atoms with van der Waals surface area (Å²) in [6, 6.07) is 2.01. The maximum atomic E-state index is 5.11. The minimum Gasteiger partial charge on any atom is -0.440 e. The number of hydrogen-bond donors (Lipinski definition) is 0. The summed E-state index contributed by atoms with van der Waals surface area (Å²) in [6.45, 7) is 2.00. The molecule has 0 aliphatic heterocycles. The van der Waals surface area contributed by atoms with Crippen molar-refractivity contribution >= 4 is 27.7 Å². The summed E-state index contributed by atoms with van der Waals surface area (Å²) in [5.41, 5.74) is 1.12.